The molecule has 7 nitrogen and oxygen atoms in total. The Bertz CT molecular complexity index is 520. The van der Waals surface area contributed by atoms with E-state index in [1.807, 2.05) is 4.90 Å². The molecule has 2 unspecified atom stereocenters. The predicted octanol–water partition coefficient (Wildman–Crippen LogP) is 0.599. The van der Waals surface area contributed by atoms with Crippen molar-refractivity contribution < 1.29 is 32.3 Å². The highest BCUT2D eigenvalue weighted by Gasteiger charge is 2.39. The highest BCUT2D eigenvalue weighted by Crippen LogP contribution is 2.27. The Morgan fingerprint density at radius 2 is 1.86 bits per heavy atom. The van der Waals surface area contributed by atoms with Gasteiger partial charge in [0.05, 0.1) is 6.20 Å². The van der Waals surface area contributed by atoms with Crippen LogP contribution in [0.5, 0.6) is 0 Å². The zero-order valence-electron chi connectivity index (χ0n) is 11.3. The Labute approximate surface area is 123 Å². The minimum atomic E-state index is -5.08. The molecule has 122 valence electrons. The smallest absolute Gasteiger partial charge is 0.475 e. The molecule has 2 atom stereocenters. The molecule has 2 saturated heterocycles. The van der Waals surface area contributed by atoms with Crippen LogP contribution in [0, 0.1) is 11.8 Å². The van der Waals surface area contributed by atoms with Crippen LogP contribution in [0.4, 0.5) is 13.2 Å². The van der Waals surface area contributed by atoms with E-state index >= 15 is 0 Å². The molecule has 0 radical (unpaired) electrons. The molecular weight excluding hydrogens is 307 g/mol. The number of rotatable bonds is 1. The van der Waals surface area contributed by atoms with Crippen LogP contribution in [0.25, 0.3) is 0 Å². The first kappa shape index (κ1) is 16.3. The Morgan fingerprint density at radius 3 is 2.27 bits per heavy atom. The molecule has 0 bridgehead atoms. The van der Waals surface area contributed by atoms with E-state index in [2.05, 4.69) is 10.3 Å². The predicted molar refractivity (Wildman–Crippen MR) is 65.9 cm³/mol. The minimum absolute atomic E-state index is 0.0746. The van der Waals surface area contributed by atoms with Crippen LogP contribution in [-0.2, 0) is 4.79 Å². The summed E-state index contributed by atoms with van der Waals surface area (Å²) in [6, 6.07) is 0. The van der Waals surface area contributed by atoms with E-state index in [0.717, 1.165) is 26.2 Å². The molecule has 2 fully saturated rings. The van der Waals surface area contributed by atoms with Gasteiger partial charge in [-0.15, -0.1) is 0 Å². The third-order valence-corrected chi connectivity index (χ3v) is 3.53. The van der Waals surface area contributed by atoms with Crippen LogP contribution in [0.1, 0.15) is 10.7 Å². The maximum atomic E-state index is 11.9. The summed E-state index contributed by atoms with van der Waals surface area (Å²) in [6.07, 6.45) is -2.14. The number of likely N-dealkylation sites (tertiary alicyclic amines) is 1. The number of nitrogens with zero attached hydrogens (tertiary/aromatic N) is 2. The number of hydrogen-bond acceptors (Lipinski definition) is 5. The van der Waals surface area contributed by atoms with E-state index < -0.39 is 12.1 Å². The van der Waals surface area contributed by atoms with Gasteiger partial charge in [0.2, 0.25) is 0 Å². The van der Waals surface area contributed by atoms with Gasteiger partial charge in [-0.1, -0.05) is 0 Å². The van der Waals surface area contributed by atoms with Crippen molar-refractivity contribution in [3.63, 3.8) is 0 Å². The van der Waals surface area contributed by atoms with Crippen molar-refractivity contribution in [2.75, 3.05) is 26.2 Å². The summed E-state index contributed by atoms with van der Waals surface area (Å²) in [7, 11) is 0. The number of halogens is 3. The first-order valence-corrected chi connectivity index (χ1v) is 6.48. The van der Waals surface area contributed by atoms with Gasteiger partial charge >= 0.3 is 18.1 Å². The topological polar surface area (TPSA) is 95.7 Å². The number of amides is 1. The summed E-state index contributed by atoms with van der Waals surface area (Å²) in [4.78, 5) is 26.5. The van der Waals surface area contributed by atoms with Crippen LogP contribution in [0.15, 0.2) is 16.9 Å². The highest BCUT2D eigenvalue weighted by atomic mass is 19.4. The second-order valence-corrected chi connectivity index (χ2v) is 5.03. The lowest BCUT2D eigenvalue weighted by atomic mass is 10.0. The van der Waals surface area contributed by atoms with Gasteiger partial charge in [-0.2, -0.15) is 13.2 Å². The molecule has 2 aliphatic heterocycles. The summed E-state index contributed by atoms with van der Waals surface area (Å²) < 4.78 is 36.7. The number of fused-ring (bicyclic) bond motifs is 1. The van der Waals surface area contributed by atoms with Crippen molar-refractivity contribution in [3.8, 4) is 0 Å². The summed E-state index contributed by atoms with van der Waals surface area (Å²) in [6.45, 7) is 3.72. The molecule has 1 amide bonds. The monoisotopic (exact) mass is 321 g/mol. The zero-order valence-corrected chi connectivity index (χ0v) is 11.3. The number of carboxylic acid groups (broad SMARTS) is 1. The van der Waals surface area contributed by atoms with Crippen molar-refractivity contribution >= 4 is 11.9 Å². The lowest BCUT2D eigenvalue weighted by Crippen LogP contribution is -2.32. The molecule has 3 heterocycles. The van der Waals surface area contributed by atoms with Gasteiger partial charge in [-0.3, -0.25) is 4.79 Å². The largest absolute Gasteiger partial charge is 0.490 e. The number of alkyl halides is 3. The van der Waals surface area contributed by atoms with Crippen molar-refractivity contribution in [2.45, 2.75) is 6.18 Å². The normalized spacial score (nSPS) is 23.7. The van der Waals surface area contributed by atoms with Gasteiger partial charge < -0.3 is 19.7 Å². The molecule has 0 aromatic carbocycles. The van der Waals surface area contributed by atoms with Gasteiger partial charge in [0.15, 0.2) is 0 Å². The van der Waals surface area contributed by atoms with Gasteiger partial charge in [0, 0.05) is 26.2 Å². The molecule has 0 saturated carbocycles. The lowest BCUT2D eigenvalue weighted by molar-refractivity contribution is -0.192. The molecule has 2 N–H and O–H groups in total. The van der Waals surface area contributed by atoms with E-state index in [0.29, 0.717) is 11.8 Å². The average molecular weight is 321 g/mol. The van der Waals surface area contributed by atoms with Crippen LogP contribution < -0.4 is 5.32 Å². The number of aliphatic carboxylic acids is 1. The van der Waals surface area contributed by atoms with Crippen molar-refractivity contribution in [1.82, 2.24) is 15.2 Å². The highest BCUT2D eigenvalue weighted by molar-refractivity contribution is 5.89. The molecule has 1 aromatic rings. The summed E-state index contributed by atoms with van der Waals surface area (Å²) in [5.41, 5.74) is 0. The molecule has 0 spiro atoms. The number of oxazole rings is 1. The number of carbonyl (C=O) groups is 2. The molecule has 3 rings (SSSR count). The second kappa shape index (κ2) is 6.34. The summed E-state index contributed by atoms with van der Waals surface area (Å²) in [5, 5.41) is 10.5. The quantitative estimate of drug-likeness (QED) is 0.786. The van der Waals surface area contributed by atoms with Crippen LogP contribution in [-0.4, -0.2) is 59.2 Å². The summed E-state index contributed by atoms with van der Waals surface area (Å²) >= 11 is 0. The minimum Gasteiger partial charge on any atom is -0.475 e. The van der Waals surface area contributed by atoms with E-state index in [1.165, 1.54) is 12.5 Å². The number of carboxylic acids is 1. The molecule has 10 heteroatoms. The average Bonchev–Trinajstić information content (AvgIpc) is 3.14. The first-order valence-electron chi connectivity index (χ1n) is 6.48. The SMILES string of the molecule is O=C(O)C(F)(F)F.O=C(c1ncco1)N1CC2CNCC2C1. The fraction of sp³-hybridized carbons (Fsp3) is 0.583. The maximum absolute atomic E-state index is 11.9. The van der Waals surface area contributed by atoms with Gasteiger partial charge in [0.1, 0.15) is 6.26 Å². The maximum Gasteiger partial charge on any atom is 0.490 e. The Hall–Kier alpha value is -2.10. The van der Waals surface area contributed by atoms with Crippen molar-refractivity contribution in [3.05, 3.63) is 18.4 Å². The van der Waals surface area contributed by atoms with Gasteiger partial charge in [0.25, 0.3) is 5.89 Å². The van der Waals surface area contributed by atoms with E-state index in [1.54, 1.807) is 0 Å². The Kier molecular flexibility index (Phi) is 4.69. The fourth-order valence-corrected chi connectivity index (χ4v) is 2.49. The van der Waals surface area contributed by atoms with Gasteiger partial charge in [-0.25, -0.2) is 9.78 Å². The number of carbonyl (C=O) groups excluding carboxylic acids is 1. The zero-order chi connectivity index (χ0) is 16.3. The van der Waals surface area contributed by atoms with E-state index in [-0.39, 0.29) is 11.8 Å². The Balaban J connectivity index is 0.000000217. The molecule has 1 aromatic heterocycles. The number of nitrogens with one attached hydrogen (secondary N) is 1. The molecule has 22 heavy (non-hydrogen) atoms. The number of aromatic nitrogens is 1. The van der Waals surface area contributed by atoms with Crippen LogP contribution >= 0.6 is 0 Å². The van der Waals surface area contributed by atoms with Crippen molar-refractivity contribution in [1.29, 1.82) is 0 Å². The van der Waals surface area contributed by atoms with E-state index in [4.69, 9.17) is 14.3 Å². The van der Waals surface area contributed by atoms with Gasteiger partial charge in [-0.05, 0) is 11.8 Å². The van der Waals surface area contributed by atoms with Crippen LogP contribution in [0.3, 0.4) is 0 Å². The third-order valence-electron chi connectivity index (χ3n) is 3.53. The lowest BCUT2D eigenvalue weighted by Gasteiger charge is -2.14. The standard InChI is InChI=1S/C10H13N3O2.C2HF3O2/c14-10(9-12-1-2-15-9)13-5-7-3-11-4-8(7)6-13;3-2(4,5)1(6)7/h1-2,7-8,11H,3-6H2;(H,6,7). The second-order valence-electron chi connectivity index (χ2n) is 5.03. The van der Waals surface area contributed by atoms with Crippen molar-refractivity contribution in [2.24, 2.45) is 11.8 Å². The molecule has 0 aliphatic carbocycles. The fourth-order valence-electron chi connectivity index (χ4n) is 2.49. The third kappa shape index (κ3) is 3.75. The van der Waals surface area contributed by atoms with Crippen LogP contribution in [0.2, 0.25) is 0 Å². The first-order chi connectivity index (χ1) is 10.3. The number of hydrogen-bond donors (Lipinski definition) is 2. The molecular formula is C12H14F3N3O4. The summed E-state index contributed by atoms with van der Waals surface area (Å²) in [5.74, 6) is -1.39. The molecule has 2 aliphatic rings. The van der Waals surface area contributed by atoms with E-state index in [9.17, 15) is 18.0 Å². The Morgan fingerprint density at radius 1 is 1.32 bits per heavy atom.